The molecular formula is C15H17NO3S. The highest BCUT2D eigenvalue weighted by Gasteiger charge is 2.48. The Kier molecular flexibility index (Phi) is 3.61. The minimum absolute atomic E-state index is 0.00925. The highest BCUT2D eigenvalue weighted by molar-refractivity contribution is 7.09. The van der Waals surface area contributed by atoms with Gasteiger partial charge in [0.05, 0.1) is 18.4 Å². The summed E-state index contributed by atoms with van der Waals surface area (Å²) in [6, 6.07) is 3.91. The number of thiophene rings is 1. The molecule has 0 aliphatic heterocycles. The third kappa shape index (κ3) is 2.38. The Balaban J connectivity index is 1.72. The smallest absolute Gasteiger partial charge is 0.307 e. The van der Waals surface area contributed by atoms with Crippen molar-refractivity contribution in [3.8, 4) is 0 Å². The lowest BCUT2D eigenvalue weighted by atomic mass is 9.62. The van der Waals surface area contributed by atoms with Crippen LogP contribution in [0.5, 0.6) is 0 Å². The Hall–Kier alpha value is -1.62. The normalized spacial score (nSPS) is 31.2. The van der Waals surface area contributed by atoms with Crippen LogP contribution in [0.15, 0.2) is 29.7 Å². The third-order valence-corrected chi connectivity index (χ3v) is 5.23. The van der Waals surface area contributed by atoms with Crippen LogP contribution in [-0.2, 0) is 16.1 Å². The molecule has 1 aromatic heterocycles. The quantitative estimate of drug-likeness (QED) is 0.836. The lowest BCUT2D eigenvalue weighted by molar-refractivity contribution is -0.153. The van der Waals surface area contributed by atoms with Crippen molar-refractivity contribution in [2.75, 3.05) is 0 Å². The molecule has 4 atom stereocenters. The van der Waals surface area contributed by atoms with E-state index in [1.54, 1.807) is 11.3 Å². The van der Waals surface area contributed by atoms with Crippen molar-refractivity contribution >= 4 is 23.2 Å². The molecule has 2 N–H and O–H groups in total. The fraction of sp³-hybridized carbons (Fsp3) is 0.467. The van der Waals surface area contributed by atoms with Gasteiger partial charge in [-0.2, -0.15) is 0 Å². The number of rotatable bonds is 4. The summed E-state index contributed by atoms with van der Waals surface area (Å²) in [5, 5.41) is 14.3. The van der Waals surface area contributed by atoms with Crippen LogP contribution in [-0.4, -0.2) is 17.0 Å². The van der Waals surface area contributed by atoms with Crippen LogP contribution < -0.4 is 5.32 Å². The lowest BCUT2D eigenvalue weighted by Crippen LogP contribution is -2.48. The number of fused-ring (bicyclic) bond motifs is 2. The molecule has 3 aliphatic carbocycles. The molecule has 1 saturated carbocycles. The van der Waals surface area contributed by atoms with Gasteiger partial charge in [0.15, 0.2) is 0 Å². The van der Waals surface area contributed by atoms with Crippen LogP contribution >= 0.6 is 11.3 Å². The molecule has 1 heterocycles. The number of hydrogen-bond acceptors (Lipinski definition) is 3. The average molecular weight is 291 g/mol. The van der Waals surface area contributed by atoms with Gasteiger partial charge >= 0.3 is 5.97 Å². The maximum atomic E-state index is 12.4. The molecule has 0 aromatic carbocycles. The summed E-state index contributed by atoms with van der Waals surface area (Å²) in [7, 11) is 0. The van der Waals surface area contributed by atoms with Crippen LogP contribution in [0, 0.1) is 23.7 Å². The van der Waals surface area contributed by atoms with Gasteiger partial charge < -0.3 is 10.4 Å². The zero-order valence-corrected chi connectivity index (χ0v) is 11.8. The number of carbonyl (C=O) groups excluding carboxylic acids is 1. The Morgan fingerprint density at radius 3 is 2.50 bits per heavy atom. The second-order valence-electron chi connectivity index (χ2n) is 5.48. The van der Waals surface area contributed by atoms with Gasteiger partial charge in [0.2, 0.25) is 5.91 Å². The van der Waals surface area contributed by atoms with E-state index in [1.807, 2.05) is 29.7 Å². The molecule has 4 nitrogen and oxygen atoms in total. The molecule has 1 amide bonds. The topological polar surface area (TPSA) is 66.4 Å². The van der Waals surface area contributed by atoms with Gasteiger partial charge in [0.25, 0.3) is 0 Å². The summed E-state index contributed by atoms with van der Waals surface area (Å²) >= 11 is 1.59. The first-order chi connectivity index (χ1) is 9.66. The van der Waals surface area contributed by atoms with Crippen molar-refractivity contribution in [1.82, 2.24) is 5.32 Å². The van der Waals surface area contributed by atoms with E-state index in [9.17, 15) is 14.7 Å². The molecular weight excluding hydrogens is 274 g/mol. The van der Waals surface area contributed by atoms with Gasteiger partial charge in [-0.15, -0.1) is 11.3 Å². The standard InChI is InChI=1S/C15H17NO3S/c17-14(16-8-11-2-1-7-20-11)12-9-3-5-10(6-4-9)13(12)15(18)19/h1-3,5,7,9-10,12-13H,4,6,8H2,(H,16,17)(H,18,19)/t9-,10-,12-,13+/m0/s1. The molecule has 0 spiro atoms. The van der Waals surface area contributed by atoms with Gasteiger partial charge in [-0.25, -0.2) is 0 Å². The zero-order chi connectivity index (χ0) is 14.1. The lowest BCUT2D eigenvalue weighted by Gasteiger charge is -2.41. The molecule has 1 fully saturated rings. The van der Waals surface area contributed by atoms with Crippen LogP contribution in [0.3, 0.4) is 0 Å². The van der Waals surface area contributed by atoms with Crippen molar-refractivity contribution < 1.29 is 14.7 Å². The van der Waals surface area contributed by atoms with Crippen LogP contribution in [0.2, 0.25) is 0 Å². The van der Waals surface area contributed by atoms with Crippen molar-refractivity contribution in [2.24, 2.45) is 23.7 Å². The summed E-state index contributed by atoms with van der Waals surface area (Å²) < 4.78 is 0. The Morgan fingerprint density at radius 2 is 1.95 bits per heavy atom. The Morgan fingerprint density at radius 1 is 1.25 bits per heavy atom. The number of aliphatic carboxylic acids is 1. The monoisotopic (exact) mass is 291 g/mol. The molecule has 0 unspecified atom stereocenters. The average Bonchev–Trinajstić information content (AvgIpc) is 2.98. The molecule has 20 heavy (non-hydrogen) atoms. The largest absolute Gasteiger partial charge is 0.481 e. The van der Waals surface area contributed by atoms with Gasteiger partial charge in [-0.3, -0.25) is 9.59 Å². The fourth-order valence-electron chi connectivity index (χ4n) is 3.39. The second-order valence-corrected chi connectivity index (χ2v) is 6.51. The summed E-state index contributed by atoms with van der Waals surface area (Å²) in [6.45, 7) is 0.487. The van der Waals surface area contributed by atoms with Crippen LogP contribution in [0.25, 0.3) is 0 Å². The number of carbonyl (C=O) groups is 2. The molecule has 2 bridgehead atoms. The van der Waals surface area contributed by atoms with Crippen molar-refractivity contribution in [1.29, 1.82) is 0 Å². The molecule has 106 valence electrons. The number of hydrogen-bond donors (Lipinski definition) is 2. The van der Waals surface area contributed by atoms with E-state index in [2.05, 4.69) is 5.32 Å². The van der Waals surface area contributed by atoms with Crippen molar-refractivity contribution in [3.05, 3.63) is 34.5 Å². The number of nitrogens with one attached hydrogen (secondary N) is 1. The van der Waals surface area contributed by atoms with E-state index in [1.165, 1.54) is 0 Å². The first-order valence-corrected chi connectivity index (χ1v) is 7.76. The van der Waals surface area contributed by atoms with Crippen LogP contribution in [0.1, 0.15) is 17.7 Å². The summed E-state index contributed by atoms with van der Waals surface area (Å²) in [5.41, 5.74) is 0. The number of carboxylic acid groups (broad SMARTS) is 1. The van der Waals surface area contributed by atoms with E-state index < -0.39 is 17.8 Å². The predicted octanol–water partition coefficient (Wildman–Crippen LogP) is 2.28. The first kappa shape index (κ1) is 13.4. The van der Waals surface area contributed by atoms with E-state index in [0.717, 1.165) is 17.7 Å². The van der Waals surface area contributed by atoms with E-state index in [-0.39, 0.29) is 17.7 Å². The molecule has 5 heteroatoms. The molecule has 0 radical (unpaired) electrons. The maximum Gasteiger partial charge on any atom is 0.307 e. The van der Waals surface area contributed by atoms with Gasteiger partial charge in [0.1, 0.15) is 0 Å². The fourth-order valence-corrected chi connectivity index (χ4v) is 4.04. The van der Waals surface area contributed by atoms with Crippen molar-refractivity contribution in [3.63, 3.8) is 0 Å². The Labute approximate surface area is 121 Å². The number of carboxylic acids is 1. The molecule has 0 saturated heterocycles. The van der Waals surface area contributed by atoms with Gasteiger partial charge in [-0.05, 0) is 36.1 Å². The van der Waals surface area contributed by atoms with E-state index >= 15 is 0 Å². The molecule has 3 aliphatic rings. The molecule has 1 aromatic rings. The second kappa shape index (κ2) is 5.40. The first-order valence-electron chi connectivity index (χ1n) is 6.88. The van der Waals surface area contributed by atoms with Gasteiger partial charge in [0, 0.05) is 4.88 Å². The maximum absolute atomic E-state index is 12.4. The molecule has 4 rings (SSSR count). The summed E-state index contributed by atoms with van der Waals surface area (Å²) in [5.74, 6) is -1.87. The summed E-state index contributed by atoms with van der Waals surface area (Å²) in [4.78, 5) is 25.0. The van der Waals surface area contributed by atoms with Crippen molar-refractivity contribution in [2.45, 2.75) is 19.4 Å². The highest BCUT2D eigenvalue weighted by atomic mass is 32.1. The van der Waals surface area contributed by atoms with Crippen LogP contribution in [0.4, 0.5) is 0 Å². The number of amides is 1. The number of allylic oxidation sites excluding steroid dienone is 2. The third-order valence-electron chi connectivity index (χ3n) is 4.35. The Bertz CT molecular complexity index is 537. The predicted molar refractivity (Wildman–Crippen MR) is 76.1 cm³/mol. The minimum atomic E-state index is -0.847. The van der Waals surface area contributed by atoms with E-state index in [0.29, 0.717) is 6.54 Å². The minimum Gasteiger partial charge on any atom is -0.481 e. The zero-order valence-electron chi connectivity index (χ0n) is 11.0. The van der Waals surface area contributed by atoms with E-state index in [4.69, 9.17) is 0 Å². The summed E-state index contributed by atoms with van der Waals surface area (Å²) in [6.07, 6.45) is 5.81. The SMILES string of the molecule is O=C(NCc1cccs1)[C@@H]1[C@H](C(=O)O)[C@H]2C=C[C@H]1CC2. The van der Waals surface area contributed by atoms with Gasteiger partial charge in [-0.1, -0.05) is 18.2 Å². The highest BCUT2D eigenvalue weighted by Crippen LogP contribution is 2.45.